The molecule has 25 heavy (non-hydrogen) atoms. The van der Waals surface area contributed by atoms with Crippen LogP contribution in [0.4, 0.5) is 0 Å². The van der Waals surface area contributed by atoms with Crippen LogP contribution in [-0.4, -0.2) is 56.2 Å². The topological polar surface area (TPSA) is 145 Å². The summed E-state index contributed by atoms with van der Waals surface area (Å²) in [7, 11) is 1.22. The lowest BCUT2D eigenvalue weighted by Crippen LogP contribution is -2.64. The van der Waals surface area contributed by atoms with Crippen molar-refractivity contribution in [1.82, 2.24) is 0 Å². The van der Waals surface area contributed by atoms with Crippen LogP contribution in [0.25, 0.3) is 0 Å². The molecule has 1 heterocycles. The van der Waals surface area contributed by atoms with Gasteiger partial charge in [-0.15, -0.1) is 0 Å². The van der Waals surface area contributed by atoms with Gasteiger partial charge in [-0.1, -0.05) is 0 Å². The Morgan fingerprint density at radius 1 is 1.00 bits per heavy atom. The molecule has 0 radical (unpaired) electrons. The van der Waals surface area contributed by atoms with Crippen LogP contribution in [0.15, 0.2) is 0 Å². The minimum atomic E-state index is -2.12. The summed E-state index contributed by atoms with van der Waals surface area (Å²) in [6, 6.07) is 3.49. The molecule has 1 aliphatic rings. The van der Waals surface area contributed by atoms with E-state index in [9.17, 15) is 24.9 Å². The Hall–Kier alpha value is -2.69. The Balaban J connectivity index is 3.38. The molecule has 1 fully saturated rings. The van der Waals surface area contributed by atoms with E-state index in [2.05, 4.69) is 0 Å². The summed E-state index contributed by atoms with van der Waals surface area (Å²) in [6.45, 7) is 2.91. The van der Waals surface area contributed by atoms with Crippen molar-refractivity contribution in [2.24, 2.45) is 5.41 Å². The molecule has 0 aromatic rings. The molecule has 4 atom stereocenters. The third-order valence-corrected chi connectivity index (χ3v) is 3.43. The molecule has 0 amide bonds. The predicted octanol–water partition coefficient (Wildman–Crippen LogP) is -0.182. The third-order valence-electron chi connectivity index (χ3n) is 3.43. The molecule has 136 valence electrons. The zero-order chi connectivity index (χ0) is 19.2. The minimum Gasteiger partial charge on any atom is -0.463 e. The smallest absolute Gasteiger partial charge is 0.303 e. The molecule has 1 rings (SSSR count). The van der Waals surface area contributed by atoms with Crippen molar-refractivity contribution in [2.75, 3.05) is 13.7 Å². The van der Waals surface area contributed by atoms with Crippen LogP contribution in [-0.2, 0) is 38.1 Å². The largest absolute Gasteiger partial charge is 0.463 e. The summed E-state index contributed by atoms with van der Waals surface area (Å²) in [6.07, 6.45) is -5.45. The minimum absolute atomic E-state index is 0.398. The summed E-state index contributed by atoms with van der Waals surface area (Å²) in [5.41, 5.74) is -2.12. The predicted molar refractivity (Wildman–Crippen MR) is 77.1 cm³/mol. The van der Waals surface area contributed by atoms with Crippen molar-refractivity contribution in [1.29, 1.82) is 10.5 Å². The van der Waals surface area contributed by atoms with E-state index >= 15 is 0 Å². The second kappa shape index (κ2) is 8.42. The Morgan fingerprint density at radius 2 is 1.52 bits per heavy atom. The maximum Gasteiger partial charge on any atom is 0.303 e. The average molecular weight is 354 g/mol. The highest BCUT2D eigenvalue weighted by Gasteiger charge is 2.62. The Bertz CT molecular complexity index is 606. The summed E-state index contributed by atoms with van der Waals surface area (Å²) in [5.74, 6) is -2.22. The number of carbonyl (C=O) groups is 3. The fourth-order valence-electron chi connectivity index (χ4n) is 2.44. The lowest BCUT2D eigenvalue weighted by atomic mass is 9.74. The first-order valence-electron chi connectivity index (χ1n) is 7.20. The van der Waals surface area contributed by atoms with Crippen LogP contribution in [0.5, 0.6) is 0 Å². The number of nitrogens with zero attached hydrogens (tertiary/aromatic N) is 2. The number of methoxy groups -OCH3 is 1. The van der Waals surface area contributed by atoms with Gasteiger partial charge < -0.3 is 23.7 Å². The standard InChI is InChI=1S/C15H18N2O8/c1-8(18)22-5-11-12(23-9(2)19)15(6-16,7-17)13(24-10(3)20)14(21-4)25-11/h11-14H,5H2,1-4H3/t11-,12-,13-,14-/m1/s1. The van der Waals surface area contributed by atoms with Crippen molar-refractivity contribution in [2.45, 2.75) is 45.4 Å². The fourth-order valence-corrected chi connectivity index (χ4v) is 2.44. The van der Waals surface area contributed by atoms with Crippen molar-refractivity contribution in [3.63, 3.8) is 0 Å². The van der Waals surface area contributed by atoms with Gasteiger partial charge in [0.2, 0.25) is 5.41 Å². The number of esters is 3. The first-order valence-corrected chi connectivity index (χ1v) is 7.20. The van der Waals surface area contributed by atoms with E-state index in [1.807, 2.05) is 0 Å². The molecule has 0 N–H and O–H groups in total. The van der Waals surface area contributed by atoms with Crippen molar-refractivity contribution in [3.05, 3.63) is 0 Å². The highest BCUT2D eigenvalue weighted by molar-refractivity contribution is 5.68. The number of hydrogen-bond donors (Lipinski definition) is 0. The lowest BCUT2D eigenvalue weighted by molar-refractivity contribution is -0.294. The summed E-state index contributed by atoms with van der Waals surface area (Å²) < 4.78 is 25.6. The van der Waals surface area contributed by atoms with Crippen molar-refractivity contribution in [3.8, 4) is 12.1 Å². The molecule has 1 saturated heterocycles. The normalized spacial score (nSPS) is 27.3. The van der Waals surface area contributed by atoms with Gasteiger partial charge in [0, 0.05) is 27.9 Å². The molecule has 0 aromatic heterocycles. The zero-order valence-corrected chi connectivity index (χ0v) is 14.2. The molecule has 0 aromatic carbocycles. The van der Waals surface area contributed by atoms with Gasteiger partial charge in [0.1, 0.15) is 12.7 Å². The van der Waals surface area contributed by atoms with E-state index in [0.717, 1.165) is 20.8 Å². The maximum atomic E-state index is 11.5. The van der Waals surface area contributed by atoms with E-state index in [0.29, 0.717) is 0 Å². The van der Waals surface area contributed by atoms with Gasteiger partial charge in [0.05, 0.1) is 12.1 Å². The number of ether oxygens (including phenoxy) is 5. The van der Waals surface area contributed by atoms with Gasteiger partial charge in [-0.2, -0.15) is 10.5 Å². The Morgan fingerprint density at radius 3 is 1.92 bits per heavy atom. The molecule has 10 heteroatoms. The first-order chi connectivity index (χ1) is 11.7. The first kappa shape index (κ1) is 20.4. The molecular weight excluding hydrogens is 336 g/mol. The van der Waals surface area contributed by atoms with Crippen LogP contribution in [0.1, 0.15) is 20.8 Å². The van der Waals surface area contributed by atoms with Gasteiger partial charge in [0.15, 0.2) is 18.5 Å². The van der Waals surface area contributed by atoms with Crippen LogP contribution >= 0.6 is 0 Å². The van der Waals surface area contributed by atoms with E-state index < -0.39 is 54.5 Å². The van der Waals surface area contributed by atoms with E-state index in [1.54, 1.807) is 12.1 Å². The van der Waals surface area contributed by atoms with Crippen LogP contribution in [0.3, 0.4) is 0 Å². The highest BCUT2D eigenvalue weighted by Crippen LogP contribution is 2.41. The van der Waals surface area contributed by atoms with Crippen LogP contribution in [0.2, 0.25) is 0 Å². The number of rotatable bonds is 5. The summed E-state index contributed by atoms with van der Waals surface area (Å²) >= 11 is 0. The number of nitriles is 2. The van der Waals surface area contributed by atoms with E-state index in [4.69, 9.17) is 23.7 Å². The zero-order valence-electron chi connectivity index (χ0n) is 14.2. The van der Waals surface area contributed by atoms with Gasteiger partial charge in [0.25, 0.3) is 0 Å². The maximum absolute atomic E-state index is 11.5. The van der Waals surface area contributed by atoms with Crippen LogP contribution < -0.4 is 0 Å². The summed E-state index contributed by atoms with van der Waals surface area (Å²) in [5, 5.41) is 19.3. The van der Waals surface area contributed by atoms with Crippen molar-refractivity contribution >= 4 is 17.9 Å². The quantitative estimate of drug-likeness (QED) is 0.481. The molecule has 1 aliphatic heterocycles. The van der Waals surface area contributed by atoms with E-state index in [1.165, 1.54) is 7.11 Å². The molecule has 0 bridgehead atoms. The van der Waals surface area contributed by atoms with Crippen molar-refractivity contribution < 1.29 is 38.1 Å². The second-order valence-corrected chi connectivity index (χ2v) is 5.23. The molecule has 0 unspecified atom stereocenters. The summed E-state index contributed by atoms with van der Waals surface area (Å²) in [4.78, 5) is 33.9. The van der Waals surface area contributed by atoms with Gasteiger partial charge in [-0.25, -0.2) is 0 Å². The molecule has 0 saturated carbocycles. The van der Waals surface area contributed by atoms with Gasteiger partial charge >= 0.3 is 17.9 Å². The number of carbonyl (C=O) groups excluding carboxylic acids is 3. The third kappa shape index (κ3) is 4.44. The Labute approximate surface area is 144 Å². The molecule has 0 aliphatic carbocycles. The number of hydrogen-bond acceptors (Lipinski definition) is 10. The second-order valence-electron chi connectivity index (χ2n) is 5.23. The van der Waals surface area contributed by atoms with Gasteiger partial charge in [-0.3, -0.25) is 14.4 Å². The molecule has 0 spiro atoms. The average Bonchev–Trinajstić information content (AvgIpc) is 2.53. The Kier molecular flexibility index (Phi) is 6.86. The van der Waals surface area contributed by atoms with Crippen LogP contribution in [0, 0.1) is 28.1 Å². The molecule has 10 nitrogen and oxygen atoms in total. The molecular formula is C15H18N2O8. The van der Waals surface area contributed by atoms with E-state index in [-0.39, 0.29) is 0 Å². The monoisotopic (exact) mass is 354 g/mol. The van der Waals surface area contributed by atoms with Gasteiger partial charge in [-0.05, 0) is 0 Å². The SMILES string of the molecule is CO[C@@H]1O[C@H](COC(C)=O)[C@@H](OC(C)=O)C(C#N)(C#N)[C@@H]1OC(C)=O. The fraction of sp³-hybridized carbons (Fsp3) is 0.667. The lowest BCUT2D eigenvalue weighted by Gasteiger charge is -2.45. The highest BCUT2D eigenvalue weighted by atomic mass is 16.7.